The number of fused-ring (bicyclic) bond motifs is 1. The molecule has 1 aliphatic heterocycles. The highest BCUT2D eigenvalue weighted by Gasteiger charge is 2.18. The van der Waals surface area contributed by atoms with Crippen molar-refractivity contribution in [1.29, 1.82) is 0 Å². The van der Waals surface area contributed by atoms with E-state index >= 15 is 0 Å². The third kappa shape index (κ3) is 2.37. The number of H-pyrrole nitrogens is 2. The maximum atomic E-state index is 12.2. The quantitative estimate of drug-likeness (QED) is 0.769. The summed E-state index contributed by atoms with van der Waals surface area (Å²) in [6.45, 7) is 2.67. The molecule has 2 N–H and O–H groups in total. The summed E-state index contributed by atoms with van der Waals surface area (Å²) in [6.07, 6.45) is 1.69. The Morgan fingerprint density at radius 3 is 3.00 bits per heavy atom. The lowest BCUT2D eigenvalue weighted by atomic mass is 10.1. The molecule has 8 nitrogen and oxygen atoms in total. The molecule has 1 aromatic carbocycles. The molecule has 0 fully saturated rings. The number of aromatic amines is 2. The zero-order chi connectivity index (χ0) is 16.5. The van der Waals surface area contributed by atoms with E-state index in [9.17, 15) is 4.79 Å². The Labute approximate surface area is 136 Å². The van der Waals surface area contributed by atoms with Gasteiger partial charge in [0, 0.05) is 11.8 Å². The lowest BCUT2D eigenvalue weighted by molar-refractivity contribution is 0.341. The fourth-order valence-corrected chi connectivity index (χ4v) is 2.59. The lowest BCUT2D eigenvalue weighted by Gasteiger charge is -2.11. The van der Waals surface area contributed by atoms with E-state index in [2.05, 4.69) is 30.4 Å². The molecular weight excluding hydrogens is 308 g/mol. The molecule has 0 saturated carbocycles. The highest BCUT2D eigenvalue weighted by Crippen LogP contribution is 2.33. The van der Waals surface area contributed by atoms with Crippen LogP contribution in [0.2, 0.25) is 0 Å². The minimum atomic E-state index is -0.222. The fraction of sp³-hybridized carbons (Fsp3) is 0.188. The van der Waals surface area contributed by atoms with Gasteiger partial charge in [0.15, 0.2) is 5.82 Å². The van der Waals surface area contributed by atoms with E-state index < -0.39 is 0 Å². The molecule has 1 aliphatic rings. The first-order valence-electron chi connectivity index (χ1n) is 7.54. The minimum absolute atomic E-state index is 0.222. The minimum Gasteiger partial charge on any atom is -0.493 e. The van der Waals surface area contributed by atoms with Crippen LogP contribution in [0.15, 0.2) is 45.5 Å². The smallest absolute Gasteiger partial charge is 0.258 e. The first-order valence-corrected chi connectivity index (χ1v) is 7.54. The SMILES string of the molecule is CCOc1cc(-c2ccn[nH]2)ccc1-c1nc2c(c(=O)[nH]1)CN=N2. The molecule has 120 valence electrons. The second kappa shape index (κ2) is 5.73. The molecule has 0 saturated heterocycles. The third-order valence-corrected chi connectivity index (χ3v) is 3.74. The number of aromatic nitrogens is 4. The van der Waals surface area contributed by atoms with Crippen molar-refractivity contribution in [3.8, 4) is 28.4 Å². The average Bonchev–Trinajstić information content (AvgIpc) is 3.27. The second-order valence-electron chi connectivity index (χ2n) is 5.23. The van der Waals surface area contributed by atoms with Gasteiger partial charge in [-0.15, -0.1) is 5.11 Å². The normalized spacial score (nSPS) is 12.4. The van der Waals surface area contributed by atoms with Crippen LogP contribution in [0.1, 0.15) is 12.5 Å². The maximum absolute atomic E-state index is 12.2. The molecule has 4 rings (SSSR count). The molecule has 0 bridgehead atoms. The van der Waals surface area contributed by atoms with Crippen LogP contribution in [0.5, 0.6) is 5.75 Å². The molecular formula is C16H14N6O2. The highest BCUT2D eigenvalue weighted by molar-refractivity contribution is 5.72. The predicted octanol–water partition coefficient (Wildman–Crippen LogP) is 2.82. The van der Waals surface area contributed by atoms with Gasteiger partial charge in [0.25, 0.3) is 5.56 Å². The summed E-state index contributed by atoms with van der Waals surface area (Å²) in [5.74, 6) is 1.41. The first-order chi connectivity index (χ1) is 11.8. The molecule has 0 amide bonds. The van der Waals surface area contributed by atoms with Crippen molar-refractivity contribution in [1.82, 2.24) is 20.2 Å². The Morgan fingerprint density at radius 1 is 1.29 bits per heavy atom. The van der Waals surface area contributed by atoms with Crippen molar-refractivity contribution in [2.75, 3.05) is 6.61 Å². The highest BCUT2D eigenvalue weighted by atomic mass is 16.5. The van der Waals surface area contributed by atoms with Crippen molar-refractivity contribution < 1.29 is 4.74 Å². The van der Waals surface area contributed by atoms with E-state index in [0.29, 0.717) is 35.1 Å². The van der Waals surface area contributed by atoms with E-state index in [1.165, 1.54) is 0 Å². The van der Waals surface area contributed by atoms with Gasteiger partial charge in [-0.3, -0.25) is 9.89 Å². The average molecular weight is 322 g/mol. The van der Waals surface area contributed by atoms with Crippen LogP contribution >= 0.6 is 0 Å². The summed E-state index contributed by atoms with van der Waals surface area (Å²) in [7, 11) is 0. The van der Waals surface area contributed by atoms with Crippen molar-refractivity contribution >= 4 is 5.82 Å². The van der Waals surface area contributed by atoms with Crippen LogP contribution in [0.4, 0.5) is 5.82 Å². The number of azo groups is 1. The zero-order valence-electron chi connectivity index (χ0n) is 12.9. The van der Waals surface area contributed by atoms with E-state index in [-0.39, 0.29) is 12.1 Å². The monoisotopic (exact) mass is 322 g/mol. The molecule has 0 aliphatic carbocycles. The number of nitrogens with one attached hydrogen (secondary N) is 2. The van der Waals surface area contributed by atoms with Crippen LogP contribution in [0.3, 0.4) is 0 Å². The Balaban J connectivity index is 1.84. The number of ether oxygens (including phenoxy) is 1. The third-order valence-electron chi connectivity index (χ3n) is 3.74. The Hall–Kier alpha value is -3.29. The van der Waals surface area contributed by atoms with Crippen LogP contribution in [0, 0.1) is 0 Å². The van der Waals surface area contributed by atoms with Crippen LogP contribution in [0.25, 0.3) is 22.6 Å². The molecule has 0 spiro atoms. The van der Waals surface area contributed by atoms with Gasteiger partial charge in [0.1, 0.15) is 11.6 Å². The van der Waals surface area contributed by atoms with Gasteiger partial charge in [-0.1, -0.05) is 6.07 Å². The van der Waals surface area contributed by atoms with Gasteiger partial charge in [-0.2, -0.15) is 10.2 Å². The zero-order valence-corrected chi connectivity index (χ0v) is 12.9. The maximum Gasteiger partial charge on any atom is 0.258 e. The van der Waals surface area contributed by atoms with Crippen LogP contribution < -0.4 is 10.3 Å². The van der Waals surface area contributed by atoms with Crippen molar-refractivity contribution in [2.45, 2.75) is 13.5 Å². The topological polar surface area (TPSA) is 108 Å². The molecule has 3 aromatic rings. The Bertz CT molecular complexity index is 975. The van der Waals surface area contributed by atoms with Crippen molar-refractivity contribution in [3.05, 3.63) is 46.4 Å². The summed E-state index contributed by atoms with van der Waals surface area (Å²) in [4.78, 5) is 19.4. The van der Waals surface area contributed by atoms with Gasteiger partial charge < -0.3 is 9.72 Å². The Morgan fingerprint density at radius 2 is 2.21 bits per heavy atom. The van der Waals surface area contributed by atoms with E-state index in [1.54, 1.807) is 6.20 Å². The van der Waals surface area contributed by atoms with E-state index in [0.717, 1.165) is 11.3 Å². The molecule has 2 aromatic heterocycles. The number of benzene rings is 1. The standard InChI is InChI=1S/C16H14N6O2/c1-2-24-13-7-9(12-5-6-17-21-12)3-4-10(13)14-19-15-11(8-18-22-15)16(23)20-14/h3-7H,2,8H2,1H3,(H,17,21)(H,19,20,23). The Kier molecular flexibility index (Phi) is 3.42. The largest absolute Gasteiger partial charge is 0.493 e. The summed E-state index contributed by atoms with van der Waals surface area (Å²) in [5.41, 5.74) is 2.78. The fourth-order valence-electron chi connectivity index (χ4n) is 2.59. The van der Waals surface area contributed by atoms with E-state index in [4.69, 9.17) is 4.74 Å². The summed E-state index contributed by atoms with van der Waals surface area (Å²) in [6, 6.07) is 7.54. The van der Waals surface area contributed by atoms with Gasteiger partial charge in [-0.05, 0) is 25.1 Å². The second-order valence-corrected chi connectivity index (χ2v) is 5.23. The van der Waals surface area contributed by atoms with E-state index in [1.807, 2.05) is 31.2 Å². The molecule has 0 radical (unpaired) electrons. The molecule has 24 heavy (non-hydrogen) atoms. The number of rotatable bonds is 4. The summed E-state index contributed by atoms with van der Waals surface area (Å²) >= 11 is 0. The summed E-state index contributed by atoms with van der Waals surface area (Å²) < 4.78 is 5.74. The van der Waals surface area contributed by atoms with Gasteiger partial charge >= 0.3 is 0 Å². The molecule has 3 heterocycles. The van der Waals surface area contributed by atoms with Crippen LogP contribution in [-0.4, -0.2) is 26.8 Å². The molecule has 0 unspecified atom stereocenters. The van der Waals surface area contributed by atoms with Gasteiger partial charge in [0.05, 0.1) is 30.0 Å². The van der Waals surface area contributed by atoms with Crippen molar-refractivity contribution in [3.63, 3.8) is 0 Å². The van der Waals surface area contributed by atoms with Crippen molar-refractivity contribution in [2.24, 2.45) is 10.2 Å². The summed E-state index contributed by atoms with van der Waals surface area (Å²) in [5, 5.41) is 14.6. The first kappa shape index (κ1) is 14.3. The number of hydrogen-bond donors (Lipinski definition) is 2. The molecule has 8 heteroatoms. The number of nitrogens with zero attached hydrogens (tertiary/aromatic N) is 4. The number of hydrogen-bond acceptors (Lipinski definition) is 6. The lowest BCUT2D eigenvalue weighted by Crippen LogP contribution is -2.13. The van der Waals surface area contributed by atoms with Crippen LogP contribution in [-0.2, 0) is 6.54 Å². The molecule has 0 atom stereocenters. The van der Waals surface area contributed by atoms with Gasteiger partial charge in [-0.25, -0.2) is 4.98 Å². The predicted molar refractivity (Wildman–Crippen MR) is 87.3 cm³/mol. The van der Waals surface area contributed by atoms with Gasteiger partial charge in [0.2, 0.25) is 0 Å².